The molecule has 0 saturated heterocycles. The maximum absolute atomic E-state index is 14.1. The predicted molar refractivity (Wildman–Crippen MR) is 133 cm³/mol. The molecule has 3 heterocycles. The lowest BCUT2D eigenvalue weighted by Gasteiger charge is -2.10. The maximum Gasteiger partial charge on any atom is 0.267 e. The molecule has 5 aromatic rings. The smallest absolute Gasteiger partial charge is 0.267 e. The number of nitrogens with one attached hydrogen (secondary N) is 1. The van der Waals surface area contributed by atoms with Gasteiger partial charge in [0.1, 0.15) is 16.6 Å². The van der Waals surface area contributed by atoms with Gasteiger partial charge >= 0.3 is 0 Å². The third-order valence-electron chi connectivity index (χ3n) is 5.01. The van der Waals surface area contributed by atoms with Gasteiger partial charge in [-0.2, -0.15) is 0 Å². The van der Waals surface area contributed by atoms with Gasteiger partial charge in [-0.3, -0.25) is 9.71 Å². The number of benzene rings is 2. The SMILES string of the molecule is Nc1nccc(-c2sc(-c3ccccc3)nc2-c2cncc(NS(=O)(=O)c3c(F)cccc3F)c2)n1. The second-order valence-corrected chi connectivity index (χ2v) is 10.1. The minimum Gasteiger partial charge on any atom is -0.368 e. The van der Waals surface area contributed by atoms with E-state index in [2.05, 4.69) is 19.7 Å². The minimum absolute atomic E-state index is 0.00225. The van der Waals surface area contributed by atoms with E-state index in [0.29, 0.717) is 26.8 Å². The van der Waals surface area contributed by atoms with Crippen LogP contribution in [-0.2, 0) is 10.0 Å². The number of hydrogen-bond acceptors (Lipinski definition) is 8. The standard InChI is InChI=1S/C24H16F2N6O2S2/c25-17-7-4-8-18(26)22(17)36(33,34)32-16-11-15(12-28-13-16)20-21(19-9-10-29-24(27)30-19)35-23(31-20)14-5-2-1-3-6-14/h1-13,32H,(H2,27,29,30). The molecule has 0 saturated carbocycles. The van der Waals surface area contributed by atoms with Crippen LogP contribution < -0.4 is 10.5 Å². The van der Waals surface area contributed by atoms with Crippen LogP contribution in [0.25, 0.3) is 32.4 Å². The molecule has 0 aliphatic rings. The number of pyridine rings is 1. The maximum atomic E-state index is 14.1. The Balaban J connectivity index is 1.59. The molecule has 0 bridgehead atoms. The Kier molecular flexibility index (Phi) is 6.12. The molecular weight excluding hydrogens is 506 g/mol. The number of hydrogen-bond donors (Lipinski definition) is 2. The molecule has 0 atom stereocenters. The van der Waals surface area contributed by atoms with Gasteiger partial charge in [-0.1, -0.05) is 36.4 Å². The van der Waals surface area contributed by atoms with Crippen molar-refractivity contribution in [3.05, 3.63) is 90.9 Å². The largest absolute Gasteiger partial charge is 0.368 e. The highest BCUT2D eigenvalue weighted by molar-refractivity contribution is 7.92. The summed E-state index contributed by atoms with van der Waals surface area (Å²) in [6.07, 6.45) is 4.25. The first-order valence-electron chi connectivity index (χ1n) is 10.4. The van der Waals surface area contributed by atoms with E-state index in [-0.39, 0.29) is 11.6 Å². The molecule has 0 aliphatic heterocycles. The molecule has 0 fully saturated rings. The highest BCUT2D eigenvalue weighted by Gasteiger charge is 2.25. The van der Waals surface area contributed by atoms with Crippen molar-refractivity contribution in [1.82, 2.24) is 19.9 Å². The lowest BCUT2D eigenvalue weighted by atomic mass is 10.1. The van der Waals surface area contributed by atoms with Gasteiger partial charge in [0.2, 0.25) is 5.95 Å². The number of anilines is 2. The van der Waals surface area contributed by atoms with Crippen molar-refractivity contribution in [2.75, 3.05) is 10.5 Å². The van der Waals surface area contributed by atoms with Gasteiger partial charge in [0.25, 0.3) is 10.0 Å². The van der Waals surface area contributed by atoms with E-state index in [1.807, 2.05) is 30.3 Å². The molecule has 180 valence electrons. The normalized spacial score (nSPS) is 11.4. The summed E-state index contributed by atoms with van der Waals surface area (Å²) in [5.74, 6) is -2.33. The van der Waals surface area contributed by atoms with Gasteiger partial charge < -0.3 is 5.73 Å². The summed E-state index contributed by atoms with van der Waals surface area (Å²) in [6.45, 7) is 0. The summed E-state index contributed by atoms with van der Waals surface area (Å²) in [7, 11) is -4.57. The highest BCUT2D eigenvalue weighted by Crippen LogP contribution is 2.40. The van der Waals surface area contributed by atoms with Crippen molar-refractivity contribution < 1.29 is 17.2 Å². The zero-order valence-corrected chi connectivity index (χ0v) is 19.9. The van der Waals surface area contributed by atoms with Crippen molar-refractivity contribution in [2.24, 2.45) is 0 Å². The fraction of sp³-hybridized carbons (Fsp3) is 0. The number of sulfonamides is 1. The molecule has 0 radical (unpaired) electrons. The van der Waals surface area contributed by atoms with Crippen LogP contribution in [0.3, 0.4) is 0 Å². The van der Waals surface area contributed by atoms with Gasteiger partial charge in [0.15, 0.2) is 4.90 Å². The summed E-state index contributed by atoms with van der Waals surface area (Å²) in [5, 5.41) is 0.692. The van der Waals surface area contributed by atoms with E-state index < -0.39 is 26.6 Å². The molecule has 36 heavy (non-hydrogen) atoms. The monoisotopic (exact) mass is 522 g/mol. The molecule has 3 N–H and O–H groups in total. The lowest BCUT2D eigenvalue weighted by Crippen LogP contribution is -2.16. The van der Waals surface area contributed by atoms with Crippen molar-refractivity contribution >= 4 is 33.0 Å². The number of rotatable bonds is 6. The third kappa shape index (κ3) is 4.63. The number of nitrogens with zero attached hydrogens (tertiary/aromatic N) is 4. The van der Waals surface area contributed by atoms with E-state index in [1.54, 1.807) is 6.07 Å². The van der Waals surface area contributed by atoms with Gasteiger partial charge in [0, 0.05) is 23.5 Å². The minimum atomic E-state index is -4.57. The quantitative estimate of drug-likeness (QED) is 0.322. The zero-order valence-electron chi connectivity index (χ0n) is 18.3. The molecule has 2 aromatic carbocycles. The summed E-state index contributed by atoms with van der Waals surface area (Å²) in [6, 6.07) is 15.5. The van der Waals surface area contributed by atoms with Crippen molar-refractivity contribution in [1.29, 1.82) is 0 Å². The Hall–Kier alpha value is -4.29. The van der Waals surface area contributed by atoms with E-state index in [1.165, 1.54) is 36.0 Å². The molecule has 8 nitrogen and oxygen atoms in total. The second-order valence-electron chi connectivity index (χ2n) is 7.48. The first-order chi connectivity index (χ1) is 17.3. The molecule has 0 spiro atoms. The van der Waals surface area contributed by atoms with Gasteiger partial charge in [0.05, 0.1) is 28.1 Å². The average Bonchev–Trinajstić information content (AvgIpc) is 3.30. The van der Waals surface area contributed by atoms with E-state index in [0.717, 1.165) is 23.8 Å². The number of nitrogens with two attached hydrogens (primary N) is 1. The lowest BCUT2D eigenvalue weighted by molar-refractivity contribution is 0.521. The molecule has 0 aliphatic carbocycles. The topological polar surface area (TPSA) is 124 Å². The fourth-order valence-corrected chi connectivity index (χ4v) is 5.70. The van der Waals surface area contributed by atoms with E-state index in [4.69, 9.17) is 10.7 Å². The number of aromatic nitrogens is 4. The van der Waals surface area contributed by atoms with Crippen LogP contribution >= 0.6 is 11.3 Å². The number of thiazole rings is 1. The van der Waals surface area contributed by atoms with E-state index >= 15 is 0 Å². The summed E-state index contributed by atoms with van der Waals surface area (Å²) in [5.41, 5.74) is 8.11. The Labute approximate surface area is 208 Å². The van der Waals surface area contributed by atoms with Crippen molar-refractivity contribution in [2.45, 2.75) is 4.90 Å². The van der Waals surface area contributed by atoms with Gasteiger partial charge in [-0.15, -0.1) is 11.3 Å². The highest BCUT2D eigenvalue weighted by atomic mass is 32.2. The van der Waals surface area contributed by atoms with Crippen LogP contribution in [-0.4, -0.2) is 28.4 Å². The van der Waals surface area contributed by atoms with Crippen LogP contribution in [0.4, 0.5) is 20.4 Å². The first kappa shape index (κ1) is 23.5. The predicted octanol–water partition coefficient (Wildman–Crippen LogP) is 4.99. The summed E-state index contributed by atoms with van der Waals surface area (Å²) < 4.78 is 55.9. The van der Waals surface area contributed by atoms with E-state index in [9.17, 15) is 17.2 Å². The van der Waals surface area contributed by atoms with Crippen LogP contribution in [0.2, 0.25) is 0 Å². The molecule has 5 rings (SSSR count). The van der Waals surface area contributed by atoms with Crippen LogP contribution in [0.15, 0.2) is 84.1 Å². The molecule has 12 heteroatoms. The molecule has 0 unspecified atom stereocenters. The first-order valence-corrected chi connectivity index (χ1v) is 12.7. The molecular formula is C24H16F2N6O2S2. The fourth-order valence-electron chi connectivity index (χ4n) is 3.46. The average molecular weight is 523 g/mol. The van der Waals surface area contributed by atoms with Crippen molar-refractivity contribution in [3.63, 3.8) is 0 Å². The van der Waals surface area contributed by atoms with Crippen LogP contribution in [0.5, 0.6) is 0 Å². The Morgan fingerprint density at radius 1 is 0.889 bits per heavy atom. The third-order valence-corrected chi connectivity index (χ3v) is 7.57. The van der Waals surface area contributed by atoms with Crippen LogP contribution in [0, 0.1) is 11.6 Å². The second kappa shape index (κ2) is 9.40. The molecule has 0 amide bonds. The van der Waals surface area contributed by atoms with Gasteiger partial charge in [-0.25, -0.2) is 32.2 Å². The summed E-state index contributed by atoms with van der Waals surface area (Å²) in [4.78, 5) is 16.7. The Bertz CT molecular complexity index is 1660. The Morgan fingerprint density at radius 2 is 1.64 bits per heavy atom. The Morgan fingerprint density at radius 3 is 2.36 bits per heavy atom. The number of halogens is 2. The van der Waals surface area contributed by atoms with Crippen LogP contribution in [0.1, 0.15) is 0 Å². The number of nitrogen functional groups attached to an aromatic ring is 1. The van der Waals surface area contributed by atoms with Crippen molar-refractivity contribution in [3.8, 4) is 32.4 Å². The van der Waals surface area contributed by atoms with Gasteiger partial charge in [-0.05, 0) is 24.3 Å². The zero-order chi connectivity index (χ0) is 25.3. The summed E-state index contributed by atoms with van der Waals surface area (Å²) >= 11 is 1.37. The molecule has 3 aromatic heterocycles.